The van der Waals surface area contributed by atoms with Gasteiger partial charge in [0.15, 0.2) is 5.16 Å². The van der Waals surface area contributed by atoms with Crippen LogP contribution in [0.2, 0.25) is 0 Å². The number of thioether (sulfide) groups is 1. The molecule has 0 radical (unpaired) electrons. The van der Waals surface area contributed by atoms with Gasteiger partial charge < -0.3 is 4.74 Å². The Hall–Kier alpha value is -2.12. The molecule has 26 heavy (non-hydrogen) atoms. The summed E-state index contributed by atoms with van der Waals surface area (Å²) in [6.45, 7) is 5.87. The Bertz CT molecular complexity index is 1050. The molecule has 0 N–H and O–H groups in total. The maximum Gasteiger partial charge on any atom is 0.318 e. The van der Waals surface area contributed by atoms with Gasteiger partial charge in [-0.05, 0) is 37.5 Å². The van der Waals surface area contributed by atoms with Crippen molar-refractivity contribution in [3.8, 4) is 11.1 Å². The van der Waals surface area contributed by atoms with E-state index in [1.807, 2.05) is 11.4 Å². The third-order valence-corrected chi connectivity index (χ3v) is 6.40. The van der Waals surface area contributed by atoms with E-state index in [1.54, 1.807) is 14.0 Å². The maximum atomic E-state index is 13.0. The molecule has 1 aromatic carbocycles. The van der Waals surface area contributed by atoms with Crippen LogP contribution >= 0.6 is 23.1 Å². The average Bonchev–Trinajstić information content (AvgIpc) is 3.04. The highest BCUT2D eigenvalue weighted by Crippen LogP contribution is 2.33. The minimum absolute atomic E-state index is 0.107. The minimum atomic E-state index is -0.435. The molecule has 0 aliphatic carbocycles. The van der Waals surface area contributed by atoms with Crippen LogP contribution in [-0.4, -0.2) is 27.9 Å². The van der Waals surface area contributed by atoms with E-state index >= 15 is 0 Å². The van der Waals surface area contributed by atoms with Crippen molar-refractivity contribution in [3.63, 3.8) is 0 Å². The fraction of sp³-hybridized carbons (Fsp3) is 0.316. The molecule has 0 aliphatic heterocycles. The SMILES string of the molecule is COC(=O)[C@H](C)Sc1nc2scc(-c3ccc(C)c(C)c3)c2c(=O)n1C. The molecule has 0 amide bonds. The van der Waals surface area contributed by atoms with Crippen LogP contribution in [0.4, 0.5) is 0 Å². The number of aromatic nitrogens is 2. The van der Waals surface area contributed by atoms with E-state index in [4.69, 9.17) is 4.74 Å². The van der Waals surface area contributed by atoms with Crippen molar-refractivity contribution in [1.82, 2.24) is 9.55 Å². The zero-order valence-electron chi connectivity index (χ0n) is 15.3. The summed E-state index contributed by atoms with van der Waals surface area (Å²) in [7, 11) is 3.03. The number of nitrogens with zero attached hydrogens (tertiary/aromatic N) is 2. The summed E-state index contributed by atoms with van der Waals surface area (Å²) in [4.78, 5) is 29.9. The molecule has 2 aromatic heterocycles. The molecule has 3 rings (SSSR count). The number of methoxy groups -OCH3 is 1. The van der Waals surface area contributed by atoms with Gasteiger partial charge >= 0.3 is 5.97 Å². The highest BCUT2D eigenvalue weighted by atomic mass is 32.2. The van der Waals surface area contributed by atoms with Crippen LogP contribution in [0.15, 0.2) is 33.5 Å². The zero-order valence-corrected chi connectivity index (χ0v) is 17.0. The number of esters is 1. The Labute approximate surface area is 160 Å². The minimum Gasteiger partial charge on any atom is -0.468 e. The molecule has 5 nitrogen and oxygen atoms in total. The van der Waals surface area contributed by atoms with Crippen LogP contribution in [-0.2, 0) is 16.6 Å². The van der Waals surface area contributed by atoms with Gasteiger partial charge in [-0.15, -0.1) is 11.3 Å². The van der Waals surface area contributed by atoms with Crippen molar-refractivity contribution in [3.05, 3.63) is 45.1 Å². The van der Waals surface area contributed by atoms with Gasteiger partial charge in [0.1, 0.15) is 10.1 Å². The van der Waals surface area contributed by atoms with Crippen LogP contribution < -0.4 is 5.56 Å². The molecular formula is C19H20N2O3S2. The number of carbonyl (C=O) groups excluding carboxylic acids is 1. The summed E-state index contributed by atoms with van der Waals surface area (Å²) in [5.41, 5.74) is 4.21. The van der Waals surface area contributed by atoms with E-state index in [-0.39, 0.29) is 11.5 Å². The van der Waals surface area contributed by atoms with E-state index in [0.717, 1.165) is 11.1 Å². The highest BCUT2D eigenvalue weighted by molar-refractivity contribution is 8.00. The lowest BCUT2D eigenvalue weighted by Gasteiger charge is -2.11. The number of hydrogen-bond donors (Lipinski definition) is 0. The second-order valence-corrected chi connectivity index (χ2v) is 8.34. The Morgan fingerprint density at radius 3 is 2.69 bits per heavy atom. The van der Waals surface area contributed by atoms with Gasteiger partial charge in [-0.1, -0.05) is 30.0 Å². The number of aryl methyl sites for hydroxylation is 2. The first-order chi connectivity index (χ1) is 12.3. The summed E-state index contributed by atoms with van der Waals surface area (Å²) in [6.07, 6.45) is 0. The summed E-state index contributed by atoms with van der Waals surface area (Å²) < 4.78 is 6.26. The van der Waals surface area contributed by atoms with Crippen LogP contribution in [0.1, 0.15) is 18.1 Å². The topological polar surface area (TPSA) is 61.2 Å². The molecule has 1 atom stereocenters. The summed E-state index contributed by atoms with van der Waals surface area (Å²) >= 11 is 2.67. The number of hydrogen-bond acceptors (Lipinski definition) is 6. The van der Waals surface area contributed by atoms with Crippen LogP contribution in [0.5, 0.6) is 0 Å². The molecule has 2 heterocycles. The molecule has 136 valence electrons. The van der Waals surface area contributed by atoms with E-state index < -0.39 is 5.25 Å². The normalized spacial score (nSPS) is 12.3. The molecule has 0 aliphatic rings. The molecule has 0 bridgehead atoms. The Morgan fingerprint density at radius 1 is 1.31 bits per heavy atom. The standard InChI is InChI=1S/C19H20N2O3S2/c1-10-6-7-13(8-11(10)2)14-9-25-16-15(14)17(22)21(4)19(20-16)26-12(3)18(23)24-5/h6-9,12H,1-5H3/t12-/m0/s1. The molecule has 0 spiro atoms. The van der Waals surface area contributed by atoms with E-state index in [0.29, 0.717) is 15.4 Å². The van der Waals surface area contributed by atoms with Gasteiger partial charge in [0.2, 0.25) is 0 Å². The molecule has 7 heteroatoms. The fourth-order valence-corrected chi connectivity index (χ4v) is 4.54. The molecule has 0 saturated carbocycles. The van der Waals surface area contributed by atoms with E-state index in [1.165, 1.54) is 45.9 Å². The number of carbonyl (C=O) groups is 1. The van der Waals surface area contributed by atoms with Crippen LogP contribution in [0.3, 0.4) is 0 Å². The highest BCUT2D eigenvalue weighted by Gasteiger charge is 2.20. The van der Waals surface area contributed by atoms with Crippen LogP contribution in [0, 0.1) is 13.8 Å². The number of thiophene rings is 1. The smallest absolute Gasteiger partial charge is 0.318 e. The third-order valence-electron chi connectivity index (χ3n) is 4.41. The van der Waals surface area contributed by atoms with E-state index in [2.05, 4.69) is 31.0 Å². The molecule has 0 saturated heterocycles. The lowest BCUT2D eigenvalue weighted by molar-refractivity contribution is -0.139. The van der Waals surface area contributed by atoms with Crippen LogP contribution in [0.25, 0.3) is 21.3 Å². The van der Waals surface area contributed by atoms with Gasteiger partial charge in [-0.3, -0.25) is 14.2 Å². The fourth-order valence-electron chi connectivity index (χ4n) is 2.65. The second kappa shape index (κ2) is 7.25. The van der Waals surface area contributed by atoms with Gasteiger partial charge in [0, 0.05) is 18.0 Å². The van der Waals surface area contributed by atoms with Crippen molar-refractivity contribution >= 4 is 39.3 Å². The van der Waals surface area contributed by atoms with Gasteiger partial charge in [-0.2, -0.15) is 0 Å². The lowest BCUT2D eigenvalue weighted by Crippen LogP contribution is -2.22. The second-order valence-electron chi connectivity index (χ2n) is 6.17. The number of ether oxygens (including phenoxy) is 1. The largest absolute Gasteiger partial charge is 0.468 e. The van der Waals surface area contributed by atoms with E-state index in [9.17, 15) is 9.59 Å². The maximum absolute atomic E-state index is 13.0. The number of rotatable bonds is 4. The monoisotopic (exact) mass is 388 g/mol. The third kappa shape index (κ3) is 3.29. The molecule has 0 unspecified atom stereocenters. The predicted molar refractivity (Wildman–Crippen MR) is 107 cm³/mol. The number of fused-ring (bicyclic) bond motifs is 1. The Balaban J connectivity index is 2.11. The summed E-state index contributed by atoms with van der Waals surface area (Å²) in [6, 6.07) is 6.19. The molecule has 0 fully saturated rings. The van der Waals surface area contributed by atoms with Gasteiger partial charge in [-0.25, -0.2) is 4.98 Å². The quantitative estimate of drug-likeness (QED) is 0.385. The first kappa shape index (κ1) is 18.7. The zero-order chi connectivity index (χ0) is 19.0. The molecular weight excluding hydrogens is 368 g/mol. The first-order valence-corrected chi connectivity index (χ1v) is 9.89. The first-order valence-electron chi connectivity index (χ1n) is 8.13. The Kier molecular flexibility index (Phi) is 5.20. The summed E-state index contributed by atoms with van der Waals surface area (Å²) in [5.74, 6) is -0.341. The van der Waals surface area contributed by atoms with Crippen molar-refractivity contribution in [2.75, 3.05) is 7.11 Å². The van der Waals surface area contributed by atoms with Crippen molar-refractivity contribution in [1.29, 1.82) is 0 Å². The van der Waals surface area contributed by atoms with Crippen molar-refractivity contribution in [2.24, 2.45) is 7.05 Å². The van der Waals surface area contributed by atoms with Crippen molar-refractivity contribution < 1.29 is 9.53 Å². The van der Waals surface area contributed by atoms with Gasteiger partial charge in [0.05, 0.1) is 12.5 Å². The Morgan fingerprint density at radius 2 is 2.04 bits per heavy atom. The average molecular weight is 389 g/mol. The molecule has 3 aromatic rings. The number of benzene rings is 1. The predicted octanol–water partition coefficient (Wildman–Crippen LogP) is 3.93. The van der Waals surface area contributed by atoms with Crippen molar-refractivity contribution in [2.45, 2.75) is 31.2 Å². The van der Waals surface area contributed by atoms with Gasteiger partial charge in [0.25, 0.3) is 5.56 Å². The lowest BCUT2D eigenvalue weighted by atomic mass is 10.0. The summed E-state index contributed by atoms with van der Waals surface area (Å²) in [5, 5.41) is 2.67.